The number of carbonyl (C=O) groups excluding carboxylic acids is 1. The molecule has 2 N–H and O–H groups in total. The molecule has 0 bridgehead atoms. The van der Waals surface area contributed by atoms with E-state index < -0.39 is 18.0 Å². The van der Waals surface area contributed by atoms with Crippen molar-refractivity contribution in [2.45, 2.75) is 13.0 Å². The van der Waals surface area contributed by atoms with Crippen LogP contribution in [0.15, 0.2) is 24.3 Å². The summed E-state index contributed by atoms with van der Waals surface area (Å²) in [6, 6.07) is 6.00. The highest BCUT2D eigenvalue weighted by Gasteiger charge is 2.32. The first kappa shape index (κ1) is 13.4. The zero-order valence-electron chi connectivity index (χ0n) is 10.6. The quantitative estimate of drug-likeness (QED) is 0.844. The van der Waals surface area contributed by atoms with Crippen LogP contribution in [0.4, 0.5) is 10.5 Å². The molecule has 102 valence electrons. The minimum absolute atomic E-state index is 0.0244. The van der Waals surface area contributed by atoms with Crippen molar-refractivity contribution in [3.8, 4) is 0 Å². The minimum atomic E-state index is -1.06. The fourth-order valence-electron chi connectivity index (χ4n) is 1.97. The maximum Gasteiger partial charge on any atom is 0.328 e. The number of amides is 2. The monoisotopic (exact) mass is 264 g/mol. The molecule has 2 rings (SSSR count). The van der Waals surface area contributed by atoms with Crippen LogP contribution in [-0.2, 0) is 9.53 Å². The summed E-state index contributed by atoms with van der Waals surface area (Å²) < 4.78 is 5.09. The molecule has 1 fully saturated rings. The number of hydrogen-bond acceptors (Lipinski definition) is 3. The van der Waals surface area contributed by atoms with E-state index in [2.05, 4.69) is 5.32 Å². The Balaban J connectivity index is 2.07. The SMILES string of the molecule is Cc1cccc(NC(=O)N2CCOCC2C(=O)O)c1. The van der Waals surface area contributed by atoms with Crippen molar-refractivity contribution in [1.29, 1.82) is 0 Å². The number of carboxylic acid groups (broad SMARTS) is 1. The molecule has 1 aliphatic rings. The number of aryl methyl sites for hydroxylation is 1. The zero-order chi connectivity index (χ0) is 13.8. The van der Waals surface area contributed by atoms with Crippen LogP contribution < -0.4 is 5.32 Å². The molecular formula is C13H16N2O4. The summed E-state index contributed by atoms with van der Waals surface area (Å²) in [6.07, 6.45) is 0. The van der Waals surface area contributed by atoms with Gasteiger partial charge in [-0.3, -0.25) is 0 Å². The number of anilines is 1. The molecular weight excluding hydrogens is 248 g/mol. The van der Waals surface area contributed by atoms with Gasteiger partial charge in [0.05, 0.1) is 13.2 Å². The lowest BCUT2D eigenvalue weighted by Gasteiger charge is -2.32. The summed E-state index contributed by atoms with van der Waals surface area (Å²) >= 11 is 0. The van der Waals surface area contributed by atoms with E-state index in [1.54, 1.807) is 6.07 Å². The molecule has 1 aromatic rings. The van der Waals surface area contributed by atoms with E-state index in [4.69, 9.17) is 9.84 Å². The topological polar surface area (TPSA) is 78.9 Å². The van der Waals surface area contributed by atoms with Crippen LogP contribution in [0.3, 0.4) is 0 Å². The number of carboxylic acids is 1. The molecule has 1 unspecified atom stereocenters. The first-order valence-electron chi connectivity index (χ1n) is 6.03. The summed E-state index contributed by atoms with van der Waals surface area (Å²) in [6.45, 7) is 2.57. The zero-order valence-corrected chi connectivity index (χ0v) is 10.6. The number of carbonyl (C=O) groups is 2. The Hall–Kier alpha value is -2.08. The van der Waals surface area contributed by atoms with Crippen LogP contribution in [0.25, 0.3) is 0 Å². The van der Waals surface area contributed by atoms with Gasteiger partial charge in [-0.25, -0.2) is 9.59 Å². The molecule has 1 aliphatic heterocycles. The standard InChI is InChI=1S/C13H16N2O4/c1-9-3-2-4-10(7-9)14-13(18)15-5-6-19-8-11(15)12(16)17/h2-4,7,11H,5-6,8H2,1H3,(H,14,18)(H,16,17). The summed E-state index contributed by atoms with van der Waals surface area (Å²) in [4.78, 5) is 24.4. The fourth-order valence-corrected chi connectivity index (χ4v) is 1.97. The van der Waals surface area contributed by atoms with E-state index in [9.17, 15) is 9.59 Å². The smallest absolute Gasteiger partial charge is 0.328 e. The number of urea groups is 1. The summed E-state index contributed by atoms with van der Waals surface area (Å²) in [5.74, 6) is -1.06. The molecule has 0 radical (unpaired) electrons. The highest BCUT2D eigenvalue weighted by Crippen LogP contribution is 2.13. The van der Waals surface area contributed by atoms with Gasteiger partial charge in [0.1, 0.15) is 0 Å². The van der Waals surface area contributed by atoms with Crippen molar-refractivity contribution in [3.63, 3.8) is 0 Å². The Bertz CT molecular complexity index is 489. The van der Waals surface area contributed by atoms with Crippen molar-refractivity contribution in [2.24, 2.45) is 0 Å². The van der Waals surface area contributed by atoms with Crippen molar-refractivity contribution in [3.05, 3.63) is 29.8 Å². The van der Waals surface area contributed by atoms with E-state index >= 15 is 0 Å². The van der Waals surface area contributed by atoms with Crippen LogP contribution in [0, 0.1) is 6.92 Å². The van der Waals surface area contributed by atoms with Gasteiger partial charge in [0.25, 0.3) is 0 Å². The second-order valence-corrected chi connectivity index (χ2v) is 4.42. The van der Waals surface area contributed by atoms with E-state index in [1.165, 1.54) is 4.90 Å². The second-order valence-electron chi connectivity index (χ2n) is 4.42. The molecule has 6 nitrogen and oxygen atoms in total. The molecule has 0 aromatic heterocycles. The van der Waals surface area contributed by atoms with Gasteiger partial charge in [-0.15, -0.1) is 0 Å². The molecule has 1 heterocycles. The fraction of sp³-hybridized carbons (Fsp3) is 0.385. The van der Waals surface area contributed by atoms with Crippen molar-refractivity contribution < 1.29 is 19.4 Å². The molecule has 19 heavy (non-hydrogen) atoms. The van der Waals surface area contributed by atoms with Gasteiger partial charge >= 0.3 is 12.0 Å². The van der Waals surface area contributed by atoms with Crippen molar-refractivity contribution in [1.82, 2.24) is 4.90 Å². The average Bonchev–Trinajstić information content (AvgIpc) is 2.38. The lowest BCUT2D eigenvalue weighted by molar-refractivity contribution is -0.147. The number of morpholine rings is 1. The number of ether oxygens (including phenoxy) is 1. The Kier molecular flexibility index (Phi) is 4.01. The van der Waals surface area contributed by atoms with Crippen LogP contribution >= 0.6 is 0 Å². The Morgan fingerprint density at radius 2 is 2.26 bits per heavy atom. The van der Waals surface area contributed by atoms with E-state index in [0.29, 0.717) is 12.3 Å². The second kappa shape index (κ2) is 5.71. The third kappa shape index (κ3) is 3.23. The maximum atomic E-state index is 12.1. The first-order valence-corrected chi connectivity index (χ1v) is 6.03. The van der Waals surface area contributed by atoms with Crippen LogP contribution in [0.2, 0.25) is 0 Å². The Morgan fingerprint density at radius 1 is 1.47 bits per heavy atom. The Morgan fingerprint density at radius 3 is 2.95 bits per heavy atom. The lowest BCUT2D eigenvalue weighted by Crippen LogP contribution is -2.53. The van der Waals surface area contributed by atoms with Gasteiger partial charge in [0.2, 0.25) is 0 Å². The van der Waals surface area contributed by atoms with Gasteiger partial charge in [-0.2, -0.15) is 0 Å². The number of nitrogens with zero attached hydrogens (tertiary/aromatic N) is 1. The van der Waals surface area contributed by atoms with Gasteiger partial charge in [-0.05, 0) is 24.6 Å². The molecule has 1 aromatic carbocycles. The number of rotatable bonds is 2. The normalized spacial score (nSPS) is 19.0. The van der Waals surface area contributed by atoms with Gasteiger partial charge in [0.15, 0.2) is 6.04 Å². The largest absolute Gasteiger partial charge is 0.480 e. The summed E-state index contributed by atoms with van der Waals surface area (Å²) in [7, 11) is 0. The highest BCUT2D eigenvalue weighted by molar-refractivity contribution is 5.92. The third-order valence-electron chi connectivity index (χ3n) is 2.94. The number of nitrogens with one attached hydrogen (secondary N) is 1. The van der Waals surface area contributed by atoms with Gasteiger partial charge in [-0.1, -0.05) is 12.1 Å². The molecule has 2 amide bonds. The summed E-state index contributed by atoms with van der Waals surface area (Å²) in [5, 5.41) is 11.8. The van der Waals surface area contributed by atoms with Crippen LogP contribution in [-0.4, -0.2) is 47.8 Å². The van der Waals surface area contributed by atoms with E-state index in [1.807, 2.05) is 25.1 Å². The predicted octanol–water partition coefficient (Wildman–Crippen LogP) is 1.31. The number of benzene rings is 1. The lowest BCUT2D eigenvalue weighted by atomic mass is 10.2. The Labute approximate surface area is 111 Å². The molecule has 0 saturated carbocycles. The molecule has 1 saturated heterocycles. The van der Waals surface area contributed by atoms with Crippen molar-refractivity contribution >= 4 is 17.7 Å². The average molecular weight is 264 g/mol. The predicted molar refractivity (Wildman–Crippen MR) is 69.1 cm³/mol. The maximum absolute atomic E-state index is 12.1. The van der Waals surface area contributed by atoms with E-state index in [-0.39, 0.29) is 13.2 Å². The van der Waals surface area contributed by atoms with Gasteiger partial charge < -0.3 is 20.1 Å². The molecule has 1 atom stereocenters. The van der Waals surface area contributed by atoms with E-state index in [0.717, 1.165) is 5.56 Å². The van der Waals surface area contributed by atoms with Crippen LogP contribution in [0.5, 0.6) is 0 Å². The summed E-state index contributed by atoms with van der Waals surface area (Å²) in [5.41, 5.74) is 1.68. The number of hydrogen-bond donors (Lipinski definition) is 2. The highest BCUT2D eigenvalue weighted by atomic mass is 16.5. The molecule has 0 spiro atoms. The third-order valence-corrected chi connectivity index (χ3v) is 2.94. The van der Waals surface area contributed by atoms with Crippen molar-refractivity contribution in [2.75, 3.05) is 25.1 Å². The molecule has 6 heteroatoms. The number of aliphatic carboxylic acids is 1. The molecule has 0 aliphatic carbocycles. The van der Waals surface area contributed by atoms with Gasteiger partial charge in [0, 0.05) is 12.2 Å². The van der Waals surface area contributed by atoms with Crippen LogP contribution in [0.1, 0.15) is 5.56 Å². The minimum Gasteiger partial charge on any atom is -0.480 e. The first-order chi connectivity index (χ1) is 9.08.